The van der Waals surface area contributed by atoms with Crippen molar-refractivity contribution in [2.75, 3.05) is 16.2 Å². The van der Waals surface area contributed by atoms with Gasteiger partial charge in [0.2, 0.25) is 0 Å². The van der Waals surface area contributed by atoms with Crippen molar-refractivity contribution in [1.82, 2.24) is 0 Å². The van der Waals surface area contributed by atoms with Gasteiger partial charge in [-0.25, -0.2) is 13.2 Å². The lowest BCUT2D eigenvalue weighted by molar-refractivity contribution is 0.0579. The van der Waals surface area contributed by atoms with Gasteiger partial charge in [0.15, 0.2) is 0 Å². The maximum atomic E-state index is 12.7. The average molecular weight is 417 g/mol. The molecule has 29 heavy (non-hydrogen) atoms. The van der Waals surface area contributed by atoms with Crippen LogP contribution in [-0.2, 0) is 20.2 Å². The first-order chi connectivity index (χ1) is 13.3. The third-order valence-corrected chi connectivity index (χ3v) is 6.17. The molecule has 0 aromatic heterocycles. The number of sulfonamides is 1. The highest BCUT2D eigenvalue weighted by Gasteiger charge is 2.40. The summed E-state index contributed by atoms with van der Waals surface area (Å²) in [5.41, 5.74) is 2.14. The van der Waals surface area contributed by atoms with E-state index < -0.39 is 21.7 Å². The van der Waals surface area contributed by atoms with Crippen LogP contribution in [0, 0.1) is 6.92 Å². The molecule has 0 saturated heterocycles. The number of nitrogens with one attached hydrogen (secondary N) is 1. The summed E-state index contributed by atoms with van der Waals surface area (Å²) in [5.74, 6) is 0. The van der Waals surface area contributed by atoms with Crippen LogP contribution in [0.15, 0.2) is 47.4 Å². The second-order valence-electron chi connectivity index (χ2n) is 9.10. The van der Waals surface area contributed by atoms with Gasteiger partial charge in [0, 0.05) is 12.0 Å². The van der Waals surface area contributed by atoms with Crippen LogP contribution < -0.4 is 9.62 Å². The highest BCUT2D eigenvalue weighted by atomic mass is 32.2. The second kappa shape index (κ2) is 7.06. The molecule has 0 radical (unpaired) electrons. The van der Waals surface area contributed by atoms with Gasteiger partial charge in [-0.2, -0.15) is 0 Å². The zero-order valence-electron chi connectivity index (χ0n) is 17.7. The van der Waals surface area contributed by atoms with E-state index in [0.717, 1.165) is 11.1 Å². The van der Waals surface area contributed by atoms with Gasteiger partial charge in [0.25, 0.3) is 10.0 Å². The Morgan fingerprint density at radius 2 is 1.72 bits per heavy atom. The summed E-state index contributed by atoms with van der Waals surface area (Å²) in [6.45, 7) is 11.9. The maximum Gasteiger partial charge on any atom is 0.414 e. The summed E-state index contributed by atoms with van der Waals surface area (Å²) < 4.78 is 33.6. The molecule has 0 atom stereocenters. The molecule has 2 aromatic rings. The van der Waals surface area contributed by atoms with Crippen molar-refractivity contribution in [3.8, 4) is 0 Å². The molecule has 0 aliphatic carbocycles. The minimum atomic E-state index is -3.73. The minimum Gasteiger partial charge on any atom is -0.443 e. The lowest BCUT2D eigenvalue weighted by Gasteiger charge is -2.26. The molecule has 3 rings (SSSR count). The largest absolute Gasteiger partial charge is 0.443 e. The number of hydrogen-bond donors (Lipinski definition) is 1. The van der Waals surface area contributed by atoms with Crippen molar-refractivity contribution in [2.24, 2.45) is 0 Å². The van der Waals surface area contributed by atoms with E-state index in [4.69, 9.17) is 4.74 Å². The van der Waals surface area contributed by atoms with Crippen LogP contribution in [-0.4, -0.2) is 26.7 Å². The molecule has 7 heteroatoms. The fourth-order valence-corrected chi connectivity index (χ4v) is 4.42. The van der Waals surface area contributed by atoms with Gasteiger partial charge in [-0.1, -0.05) is 37.6 Å². The van der Waals surface area contributed by atoms with Crippen LogP contribution >= 0.6 is 0 Å². The third-order valence-electron chi connectivity index (χ3n) is 4.77. The number of carbonyl (C=O) groups excluding carboxylic acids is 1. The zero-order valence-corrected chi connectivity index (χ0v) is 18.6. The molecule has 1 heterocycles. The summed E-state index contributed by atoms with van der Waals surface area (Å²) in [6.07, 6.45) is -0.442. The summed E-state index contributed by atoms with van der Waals surface area (Å²) in [5, 5.41) is 0. The summed E-state index contributed by atoms with van der Waals surface area (Å²) >= 11 is 0. The Balaban J connectivity index is 1.94. The number of amides is 1. The first kappa shape index (κ1) is 21.2. The maximum absolute atomic E-state index is 12.7. The van der Waals surface area contributed by atoms with E-state index in [1.54, 1.807) is 41.3 Å². The predicted molar refractivity (Wildman–Crippen MR) is 115 cm³/mol. The van der Waals surface area contributed by atoms with Gasteiger partial charge in [0.05, 0.1) is 16.3 Å². The van der Waals surface area contributed by atoms with E-state index in [-0.39, 0.29) is 10.3 Å². The van der Waals surface area contributed by atoms with Gasteiger partial charge in [-0.3, -0.25) is 9.62 Å². The van der Waals surface area contributed by atoms with E-state index in [1.165, 1.54) is 0 Å². The molecule has 0 saturated carbocycles. The van der Waals surface area contributed by atoms with E-state index >= 15 is 0 Å². The summed E-state index contributed by atoms with van der Waals surface area (Å²) in [4.78, 5) is 14.5. The fourth-order valence-electron chi connectivity index (χ4n) is 3.37. The van der Waals surface area contributed by atoms with Gasteiger partial charge >= 0.3 is 6.09 Å². The topological polar surface area (TPSA) is 75.7 Å². The summed E-state index contributed by atoms with van der Waals surface area (Å²) in [6, 6.07) is 11.9. The van der Waals surface area contributed by atoms with Gasteiger partial charge in [0.1, 0.15) is 5.60 Å². The van der Waals surface area contributed by atoms with Crippen LogP contribution in [0.2, 0.25) is 0 Å². The Morgan fingerprint density at radius 3 is 2.31 bits per heavy atom. The zero-order chi connectivity index (χ0) is 21.6. The molecular formula is C22H28N2O4S. The SMILES string of the molecule is Cc1ccc(S(=O)(=O)Nc2ccc3c(c2)N(C(=O)OC(C)(C)C)CC3(C)C)cc1. The van der Waals surface area contributed by atoms with Gasteiger partial charge in [-0.05, 0) is 57.5 Å². The standard InChI is InChI=1S/C22H28N2O4S/c1-15-7-10-17(11-8-15)29(26,27)23-16-9-12-18-19(13-16)24(14-22(18,5)6)20(25)28-21(2,3)4/h7-13,23H,14H2,1-6H3. The van der Waals surface area contributed by atoms with Gasteiger partial charge in [-0.15, -0.1) is 0 Å². The Morgan fingerprint density at radius 1 is 1.10 bits per heavy atom. The van der Waals surface area contributed by atoms with Crippen LogP contribution in [0.1, 0.15) is 45.7 Å². The number of rotatable bonds is 3. The molecule has 1 amide bonds. The van der Waals surface area contributed by atoms with E-state index in [9.17, 15) is 13.2 Å². The van der Waals surface area contributed by atoms with E-state index in [1.807, 2.05) is 47.6 Å². The molecule has 0 fully saturated rings. The molecule has 6 nitrogen and oxygen atoms in total. The monoisotopic (exact) mass is 416 g/mol. The van der Waals surface area contributed by atoms with Crippen molar-refractivity contribution < 1.29 is 17.9 Å². The van der Waals surface area contributed by atoms with E-state index in [0.29, 0.717) is 17.9 Å². The van der Waals surface area contributed by atoms with Crippen molar-refractivity contribution in [3.05, 3.63) is 53.6 Å². The van der Waals surface area contributed by atoms with E-state index in [2.05, 4.69) is 4.72 Å². The van der Waals surface area contributed by atoms with Crippen molar-refractivity contribution in [3.63, 3.8) is 0 Å². The number of aryl methyl sites for hydroxylation is 1. The lowest BCUT2D eigenvalue weighted by Crippen LogP contribution is -2.38. The molecule has 1 aliphatic rings. The Bertz CT molecular complexity index is 1040. The molecule has 0 spiro atoms. The molecule has 0 unspecified atom stereocenters. The minimum absolute atomic E-state index is 0.188. The number of anilines is 2. The van der Waals surface area contributed by atoms with Gasteiger partial charge < -0.3 is 4.74 Å². The predicted octanol–water partition coefficient (Wildman–Crippen LogP) is 4.83. The van der Waals surface area contributed by atoms with Crippen LogP contribution in [0.4, 0.5) is 16.2 Å². The van der Waals surface area contributed by atoms with Crippen molar-refractivity contribution in [1.29, 1.82) is 0 Å². The Kier molecular flexibility index (Phi) is 5.15. The Labute approximate surface area is 172 Å². The molecule has 156 valence electrons. The van der Waals surface area contributed by atoms with Crippen molar-refractivity contribution in [2.45, 2.75) is 57.5 Å². The number of hydrogen-bond acceptors (Lipinski definition) is 4. The first-order valence-electron chi connectivity index (χ1n) is 9.53. The number of ether oxygens (including phenoxy) is 1. The van der Waals surface area contributed by atoms with Crippen molar-refractivity contribution >= 4 is 27.5 Å². The fraction of sp³-hybridized carbons (Fsp3) is 0.409. The smallest absolute Gasteiger partial charge is 0.414 e. The normalized spacial score (nSPS) is 15.7. The lowest BCUT2D eigenvalue weighted by atomic mass is 9.87. The number of benzene rings is 2. The molecule has 1 aliphatic heterocycles. The molecular weight excluding hydrogens is 388 g/mol. The highest BCUT2D eigenvalue weighted by molar-refractivity contribution is 7.92. The summed E-state index contributed by atoms with van der Waals surface area (Å²) in [7, 11) is -3.73. The molecule has 2 aromatic carbocycles. The van der Waals surface area contributed by atoms with Crippen LogP contribution in [0.25, 0.3) is 0 Å². The highest BCUT2D eigenvalue weighted by Crippen LogP contribution is 2.42. The molecule has 0 bridgehead atoms. The van der Waals surface area contributed by atoms with Crippen LogP contribution in [0.5, 0.6) is 0 Å². The number of nitrogens with zero attached hydrogens (tertiary/aromatic N) is 1. The second-order valence-corrected chi connectivity index (χ2v) is 10.8. The molecule has 1 N–H and O–H groups in total. The average Bonchev–Trinajstić information content (AvgIpc) is 2.84. The number of fused-ring (bicyclic) bond motifs is 1. The Hall–Kier alpha value is -2.54. The first-order valence-corrected chi connectivity index (χ1v) is 11.0. The van der Waals surface area contributed by atoms with Crippen LogP contribution in [0.3, 0.4) is 0 Å². The number of carbonyl (C=O) groups is 1. The third kappa shape index (κ3) is 4.56. The quantitative estimate of drug-likeness (QED) is 0.778.